The fourth-order valence-corrected chi connectivity index (χ4v) is 3.47. The van der Waals surface area contributed by atoms with E-state index < -0.39 is 0 Å². The van der Waals surface area contributed by atoms with E-state index in [1.165, 1.54) is 18.4 Å². The summed E-state index contributed by atoms with van der Waals surface area (Å²) in [5, 5.41) is 3.14. The Morgan fingerprint density at radius 1 is 1.38 bits per heavy atom. The van der Waals surface area contributed by atoms with Crippen LogP contribution >= 0.6 is 0 Å². The van der Waals surface area contributed by atoms with Gasteiger partial charge in [0.1, 0.15) is 0 Å². The second-order valence-corrected chi connectivity index (χ2v) is 7.37. The fourth-order valence-electron chi connectivity index (χ4n) is 3.47. The van der Waals surface area contributed by atoms with Crippen LogP contribution in [0.2, 0.25) is 0 Å². The number of carbonyl (C=O) groups is 1. The van der Waals surface area contributed by atoms with Crippen LogP contribution in [-0.4, -0.2) is 55.1 Å². The molecule has 1 aliphatic rings. The third-order valence-corrected chi connectivity index (χ3v) is 4.79. The lowest BCUT2D eigenvalue weighted by Crippen LogP contribution is -2.48. The number of nitrogens with zero attached hydrogens (tertiary/aromatic N) is 2. The Morgan fingerprint density at radius 3 is 2.83 bits per heavy atom. The summed E-state index contributed by atoms with van der Waals surface area (Å²) in [5.41, 5.74) is 1.33. The van der Waals surface area contributed by atoms with Crippen LogP contribution < -0.4 is 5.32 Å². The topological polar surface area (TPSA) is 35.6 Å². The van der Waals surface area contributed by atoms with Gasteiger partial charge in [0.2, 0.25) is 0 Å². The Bertz CT molecular complexity index is 491. The molecule has 1 heterocycles. The summed E-state index contributed by atoms with van der Waals surface area (Å²) in [6.07, 6.45) is 4.62. The zero-order chi connectivity index (χ0) is 17.4. The monoisotopic (exact) mass is 331 g/mol. The summed E-state index contributed by atoms with van der Waals surface area (Å²) in [5.74, 6) is 0.780. The van der Waals surface area contributed by atoms with Crippen molar-refractivity contribution in [2.75, 3.05) is 33.2 Å². The van der Waals surface area contributed by atoms with Gasteiger partial charge in [-0.1, -0.05) is 37.3 Å². The van der Waals surface area contributed by atoms with Gasteiger partial charge in [-0.25, -0.2) is 4.79 Å². The van der Waals surface area contributed by atoms with Gasteiger partial charge in [-0.15, -0.1) is 0 Å². The summed E-state index contributed by atoms with van der Waals surface area (Å²) in [6.45, 7) is 8.48. The molecule has 0 saturated carbocycles. The van der Waals surface area contributed by atoms with Gasteiger partial charge in [0.05, 0.1) is 0 Å². The average molecular weight is 332 g/mol. The molecule has 4 heteroatoms. The molecular weight excluding hydrogens is 298 g/mol. The van der Waals surface area contributed by atoms with Gasteiger partial charge in [0.15, 0.2) is 0 Å². The van der Waals surface area contributed by atoms with Gasteiger partial charge >= 0.3 is 6.03 Å². The summed E-state index contributed by atoms with van der Waals surface area (Å²) >= 11 is 0. The van der Waals surface area contributed by atoms with Crippen molar-refractivity contribution in [2.24, 2.45) is 5.92 Å². The molecule has 1 fully saturated rings. The van der Waals surface area contributed by atoms with E-state index in [2.05, 4.69) is 48.3 Å². The highest BCUT2D eigenvalue weighted by atomic mass is 16.2. The van der Waals surface area contributed by atoms with Gasteiger partial charge in [0.25, 0.3) is 0 Å². The van der Waals surface area contributed by atoms with E-state index in [0.717, 1.165) is 44.9 Å². The summed E-state index contributed by atoms with van der Waals surface area (Å²) in [4.78, 5) is 16.6. The quantitative estimate of drug-likeness (QED) is 0.831. The molecule has 0 aliphatic carbocycles. The summed E-state index contributed by atoms with van der Waals surface area (Å²) in [6, 6.07) is 10.7. The number of carbonyl (C=O) groups excluding carboxylic acids is 1. The number of hydrogen-bond donors (Lipinski definition) is 1. The zero-order valence-corrected chi connectivity index (χ0v) is 15.5. The highest BCUT2D eigenvalue weighted by Gasteiger charge is 2.19. The molecule has 1 saturated heterocycles. The minimum Gasteiger partial charge on any atom is -0.334 e. The van der Waals surface area contributed by atoms with Crippen LogP contribution in [0.15, 0.2) is 30.3 Å². The average Bonchev–Trinajstić information content (AvgIpc) is 2.55. The number of likely N-dealkylation sites (tertiary alicyclic amines) is 1. The van der Waals surface area contributed by atoms with Crippen LogP contribution in [0.4, 0.5) is 4.79 Å². The molecule has 0 unspecified atom stereocenters. The van der Waals surface area contributed by atoms with Crippen LogP contribution in [0.1, 0.15) is 38.7 Å². The van der Waals surface area contributed by atoms with E-state index >= 15 is 0 Å². The molecule has 24 heavy (non-hydrogen) atoms. The van der Waals surface area contributed by atoms with Crippen molar-refractivity contribution in [3.8, 4) is 0 Å². The first kappa shape index (κ1) is 18.8. The molecule has 0 aromatic heterocycles. The van der Waals surface area contributed by atoms with E-state index in [-0.39, 0.29) is 12.1 Å². The number of urea groups is 1. The van der Waals surface area contributed by atoms with Crippen LogP contribution in [-0.2, 0) is 6.42 Å². The van der Waals surface area contributed by atoms with Gasteiger partial charge in [-0.2, -0.15) is 0 Å². The molecule has 1 aromatic rings. The van der Waals surface area contributed by atoms with Crippen molar-refractivity contribution in [3.63, 3.8) is 0 Å². The lowest BCUT2D eigenvalue weighted by atomic mass is 10.00. The Hall–Kier alpha value is -1.55. The number of aryl methyl sites for hydroxylation is 1. The van der Waals surface area contributed by atoms with Crippen molar-refractivity contribution in [1.82, 2.24) is 15.1 Å². The molecule has 1 N–H and O–H groups in total. The molecular formula is C20H33N3O. The third kappa shape index (κ3) is 6.52. The minimum absolute atomic E-state index is 0.0422. The first-order chi connectivity index (χ1) is 11.5. The lowest BCUT2D eigenvalue weighted by molar-refractivity contribution is 0.164. The van der Waals surface area contributed by atoms with Gasteiger partial charge in [0, 0.05) is 32.7 Å². The predicted molar refractivity (Wildman–Crippen MR) is 100 cm³/mol. The Kier molecular flexibility index (Phi) is 7.57. The number of benzene rings is 1. The van der Waals surface area contributed by atoms with Crippen molar-refractivity contribution in [3.05, 3.63) is 35.9 Å². The minimum atomic E-state index is 0.0422. The second kappa shape index (κ2) is 9.67. The third-order valence-electron chi connectivity index (χ3n) is 4.79. The Morgan fingerprint density at radius 2 is 2.12 bits per heavy atom. The number of hydrogen-bond acceptors (Lipinski definition) is 2. The number of piperidine rings is 1. The normalized spacial score (nSPS) is 19.7. The first-order valence-corrected chi connectivity index (χ1v) is 9.32. The van der Waals surface area contributed by atoms with E-state index in [0.29, 0.717) is 0 Å². The van der Waals surface area contributed by atoms with Gasteiger partial charge < -0.3 is 15.1 Å². The summed E-state index contributed by atoms with van der Waals surface area (Å²) in [7, 11) is 1.88. The van der Waals surface area contributed by atoms with Crippen molar-refractivity contribution >= 4 is 6.03 Å². The maximum Gasteiger partial charge on any atom is 0.317 e. The molecule has 1 aliphatic heterocycles. The molecule has 0 bridgehead atoms. The molecule has 1 aromatic carbocycles. The van der Waals surface area contributed by atoms with Crippen LogP contribution in [0.25, 0.3) is 0 Å². The van der Waals surface area contributed by atoms with Gasteiger partial charge in [-0.3, -0.25) is 0 Å². The van der Waals surface area contributed by atoms with Crippen LogP contribution in [0.5, 0.6) is 0 Å². The van der Waals surface area contributed by atoms with E-state index in [1.54, 1.807) is 4.90 Å². The van der Waals surface area contributed by atoms with Crippen molar-refractivity contribution in [1.29, 1.82) is 0 Å². The SMILES string of the molecule is C[C@H]1CCCN(C[C@H](C)NC(=O)N(C)CCCc2ccccc2)C1. The zero-order valence-electron chi connectivity index (χ0n) is 15.5. The van der Waals surface area contributed by atoms with Crippen molar-refractivity contribution in [2.45, 2.75) is 45.6 Å². The molecule has 2 amide bonds. The smallest absolute Gasteiger partial charge is 0.317 e. The number of amides is 2. The predicted octanol–water partition coefficient (Wildman–Crippen LogP) is 3.38. The Labute approximate surface area is 147 Å². The highest BCUT2D eigenvalue weighted by molar-refractivity contribution is 5.74. The van der Waals surface area contributed by atoms with E-state index in [9.17, 15) is 4.79 Å². The van der Waals surface area contributed by atoms with Crippen LogP contribution in [0.3, 0.4) is 0 Å². The number of nitrogens with one attached hydrogen (secondary N) is 1. The van der Waals surface area contributed by atoms with Crippen molar-refractivity contribution < 1.29 is 4.79 Å². The van der Waals surface area contributed by atoms with Crippen LogP contribution in [0, 0.1) is 5.92 Å². The molecule has 4 nitrogen and oxygen atoms in total. The second-order valence-electron chi connectivity index (χ2n) is 7.37. The highest BCUT2D eigenvalue weighted by Crippen LogP contribution is 2.15. The summed E-state index contributed by atoms with van der Waals surface area (Å²) < 4.78 is 0. The molecule has 0 radical (unpaired) electrons. The van der Waals surface area contributed by atoms with E-state index in [1.807, 2.05) is 13.1 Å². The standard InChI is InChI=1S/C20H33N3O/c1-17-9-7-14-23(15-17)16-18(2)21-20(24)22(3)13-8-12-19-10-5-4-6-11-19/h4-6,10-11,17-18H,7-9,12-16H2,1-3H3,(H,21,24)/t17-,18-/m0/s1. The Balaban J connectivity index is 1.65. The lowest BCUT2D eigenvalue weighted by Gasteiger charge is -2.33. The maximum absolute atomic E-state index is 12.3. The van der Waals surface area contributed by atoms with E-state index in [4.69, 9.17) is 0 Å². The molecule has 0 spiro atoms. The number of rotatable bonds is 7. The molecule has 134 valence electrons. The largest absolute Gasteiger partial charge is 0.334 e. The molecule has 2 atom stereocenters. The fraction of sp³-hybridized carbons (Fsp3) is 0.650. The first-order valence-electron chi connectivity index (χ1n) is 9.32. The van der Waals surface area contributed by atoms with Gasteiger partial charge in [-0.05, 0) is 50.6 Å². The molecule has 2 rings (SSSR count). The maximum atomic E-state index is 12.3.